The highest BCUT2D eigenvalue weighted by molar-refractivity contribution is 7.98. The normalized spacial score (nSPS) is 14.8. The molecule has 0 aliphatic carbocycles. The summed E-state index contributed by atoms with van der Waals surface area (Å²) in [6.45, 7) is 4.17. The fourth-order valence-corrected chi connectivity index (χ4v) is 3.14. The van der Waals surface area contributed by atoms with E-state index >= 15 is 0 Å². The van der Waals surface area contributed by atoms with Crippen molar-refractivity contribution < 1.29 is 0 Å². The van der Waals surface area contributed by atoms with E-state index in [1.165, 1.54) is 0 Å². The number of nitrogens with zero attached hydrogens (tertiary/aromatic N) is 2. The molecule has 0 N–H and O–H groups in total. The van der Waals surface area contributed by atoms with E-state index in [-0.39, 0.29) is 5.38 Å². The van der Waals surface area contributed by atoms with Gasteiger partial charge in [0.2, 0.25) is 0 Å². The number of thioether (sulfide) groups is 1. The van der Waals surface area contributed by atoms with Crippen LogP contribution in [0.25, 0.3) is 11.0 Å². The quantitative estimate of drug-likeness (QED) is 0.696. The number of hydrogen-bond donors (Lipinski definition) is 0. The van der Waals surface area contributed by atoms with E-state index < -0.39 is 0 Å². The number of halogens is 2. The maximum Gasteiger partial charge on any atom is 0.127 e. The molecular formula is C14H18Cl2N2S. The minimum atomic E-state index is -0.108. The van der Waals surface area contributed by atoms with Crippen LogP contribution in [0.4, 0.5) is 0 Å². The number of benzene rings is 1. The van der Waals surface area contributed by atoms with E-state index in [0.29, 0.717) is 6.04 Å². The van der Waals surface area contributed by atoms with Crippen LogP contribution >= 0.6 is 35.0 Å². The van der Waals surface area contributed by atoms with Gasteiger partial charge in [-0.1, -0.05) is 11.6 Å². The highest BCUT2D eigenvalue weighted by Gasteiger charge is 2.19. The van der Waals surface area contributed by atoms with E-state index in [1.54, 1.807) is 0 Å². The van der Waals surface area contributed by atoms with Crippen LogP contribution in [0.15, 0.2) is 18.2 Å². The average Bonchev–Trinajstić information content (AvgIpc) is 2.74. The molecular weight excluding hydrogens is 299 g/mol. The van der Waals surface area contributed by atoms with Gasteiger partial charge >= 0.3 is 0 Å². The summed E-state index contributed by atoms with van der Waals surface area (Å²) >= 11 is 14.2. The molecule has 5 heteroatoms. The second kappa shape index (κ2) is 6.38. The largest absolute Gasteiger partial charge is 0.324 e. The number of hydrogen-bond acceptors (Lipinski definition) is 2. The van der Waals surface area contributed by atoms with E-state index in [9.17, 15) is 0 Å². The summed E-state index contributed by atoms with van der Waals surface area (Å²) < 4.78 is 2.23. The van der Waals surface area contributed by atoms with E-state index in [4.69, 9.17) is 23.2 Å². The first kappa shape index (κ1) is 15.0. The van der Waals surface area contributed by atoms with Crippen molar-refractivity contribution in [3.63, 3.8) is 0 Å². The standard InChI is InChI=1S/C14H18Cl2N2S/c1-9(6-7-19-3)18-13-8-11(16)4-5-12(13)17-14(18)10(2)15/h4-5,8-10H,6-7H2,1-3H3. The maximum atomic E-state index is 6.28. The summed E-state index contributed by atoms with van der Waals surface area (Å²) in [6, 6.07) is 6.17. The Hall–Kier alpha value is -0.380. The van der Waals surface area contributed by atoms with E-state index in [2.05, 4.69) is 22.7 Å². The van der Waals surface area contributed by atoms with Gasteiger partial charge in [-0.2, -0.15) is 11.8 Å². The van der Waals surface area contributed by atoms with Crippen molar-refractivity contribution in [1.29, 1.82) is 0 Å². The van der Waals surface area contributed by atoms with Crippen LogP contribution in [-0.2, 0) is 0 Å². The van der Waals surface area contributed by atoms with Gasteiger partial charge < -0.3 is 4.57 Å². The van der Waals surface area contributed by atoms with Crippen LogP contribution in [0, 0.1) is 0 Å². The van der Waals surface area contributed by atoms with Gasteiger partial charge in [0.1, 0.15) is 5.82 Å². The van der Waals surface area contributed by atoms with Crippen LogP contribution in [0.3, 0.4) is 0 Å². The monoisotopic (exact) mass is 316 g/mol. The van der Waals surface area contributed by atoms with Gasteiger partial charge in [0.25, 0.3) is 0 Å². The Morgan fingerprint density at radius 3 is 2.74 bits per heavy atom. The Morgan fingerprint density at radius 2 is 2.11 bits per heavy atom. The van der Waals surface area contributed by atoms with Crippen molar-refractivity contribution in [2.24, 2.45) is 0 Å². The predicted molar refractivity (Wildman–Crippen MR) is 86.7 cm³/mol. The molecule has 1 heterocycles. The zero-order chi connectivity index (χ0) is 14.0. The van der Waals surface area contributed by atoms with Gasteiger partial charge in [-0.3, -0.25) is 0 Å². The van der Waals surface area contributed by atoms with Crippen molar-refractivity contribution in [2.45, 2.75) is 31.7 Å². The molecule has 0 radical (unpaired) electrons. The molecule has 0 aliphatic heterocycles. The van der Waals surface area contributed by atoms with Crippen molar-refractivity contribution in [1.82, 2.24) is 9.55 Å². The molecule has 2 aromatic rings. The van der Waals surface area contributed by atoms with Gasteiger partial charge in [-0.25, -0.2) is 4.98 Å². The molecule has 1 aromatic carbocycles. The molecule has 2 rings (SSSR count). The summed E-state index contributed by atoms with van der Waals surface area (Å²) in [5.74, 6) is 2.05. The molecule has 1 aromatic heterocycles. The second-order valence-electron chi connectivity index (χ2n) is 4.72. The summed E-state index contributed by atoms with van der Waals surface area (Å²) in [5, 5.41) is 0.627. The third-order valence-corrected chi connectivity index (χ3v) is 4.29. The lowest BCUT2D eigenvalue weighted by Gasteiger charge is -2.18. The zero-order valence-corrected chi connectivity index (χ0v) is 13.7. The molecule has 0 spiro atoms. The second-order valence-corrected chi connectivity index (χ2v) is 6.80. The minimum absolute atomic E-state index is 0.108. The van der Waals surface area contributed by atoms with Gasteiger partial charge in [0.15, 0.2) is 0 Å². The predicted octanol–water partition coefficient (Wildman–Crippen LogP) is 5.30. The number of rotatable bonds is 5. The van der Waals surface area contributed by atoms with Crippen LogP contribution in [-0.4, -0.2) is 21.6 Å². The van der Waals surface area contributed by atoms with Crippen molar-refractivity contribution >= 4 is 46.0 Å². The molecule has 2 nitrogen and oxygen atoms in total. The Morgan fingerprint density at radius 1 is 1.37 bits per heavy atom. The van der Waals surface area contributed by atoms with Crippen molar-refractivity contribution in [2.75, 3.05) is 12.0 Å². The first-order chi connectivity index (χ1) is 9.04. The summed E-state index contributed by atoms with van der Waals surface area (Å²) in [5.41, 5.74) is 2.03. The third-order valence-electron chi connectivity index (χ3n) is 3.22. The summed E-state index contributed by atoms with van der Waals surface area (Å²) in [4.78, 5) is 4.65. The molecule has 104 valence electrons. The SMILES string of the molecule is CSCCC(C)n1c(C(C)Cl)nc2ccc(Cl)cc21. The Balaban J connectivity index is 2.53. The van der Waals surface area contributed by atoms with Gasteiger partial charge in [0, 0.05) is 11.1 Å². The Kier molecular flexibility index (Phi) is 5.04. The van der Waals surface area contributed by atoms with Crippen molar-refractivity contribution in [3.05, 3.63) is 29.0 Å². The summed E-state index contributed by atoms with van der Waals surface area (Å²) in [7, 11) is 0. The van der Waals surface area contributed by atoms with Gasteiger partial charge in [-0.15, -0.1) is 11.6 Å². The number of aromatic nitrogens is 2. The average molecular weight is 317 g/mol. The van der Waals surface area contributed by atoms with Crippen LogP contribution in [0.1, 0.15) is 37.5 Å². The lowest BCUT2D eigenvalue weighted by Crippen LogP contribution is -2.10. The fraction of sp³-hybridized carbons (Fsp3) is 0.500. The number of imidazole rings is 1. The third kappa shape index (κ3) is 3.21. The molecule has 2 unspecified atom stereocenters. The van der Waals surface area contributed by atoms with Gasteiger partial charge in [0.05, 0.1) is 16.4 Å². The lowest BCUT2D eigenvalue weighted by atomic mass is 10.2. The minimum Gasteiger partial charge on any atom is -0.324 e. The number of fused-ring (bicyclic) bond motifs is 1. The molecule has 0 saturated heterocycles. The van der Waals surface area contributed by atoms with Gasteiger partial charge in [-0.05, 0) is 50.5 Å². The fourth-order valence-electron chi connectivity index (χ4n) is 2.25. The van der Waals surface area contributed by atoms with Crippen LogP contribution < -0.4 is 0 Å². The maximum absolute atomic E-state index is 6.28. The summed E-state index contributed by atoms with van der Waals surface area (Å²) in [6.07, 6.45) is 3.22. The highest BCUT2D eigenvalue weighted by Crippen LogP contribution is 2.31. The zero-order valence-electron chi connectivity index (χ0n) is 11.4. The highest BCUT2D eigenvalue weighted by atomic mass is 35.5. The molecule has 0 saturated carbocycles. The Bertz CT molecular complexity index is 566. The number of alkyl halides is 1. The van der Waals surface area contributed by atoms with E-state index in [0.717, 1.165) is 34.1 Å². The van der Waals surface area contributed by atoms with Crippen LogP contribution in [0.5, 0.6) is 0 Å². The first-order valence-electron chi connectivity index (χ1n) is 6.35. The van der Waals surface area contributed by atoms with Crippen LogP contribution in [0.2, 0.25) is 5.02 Å². The molecule has 0 bridgehead atoms. The molecule has 0 amide bonds. The smallest absolute Gasteiger partial charge is 0.127 e. The Labute approximate surface area is 128 Å². The van der Waals surface area contributed by atoms with Crippen molar-refractivity contribution in [3.8, 4) is 0 Å². The molecule has 0 fully saturated rings. The molecule has 19 heavy (non-hydrogen) atoms. The topological polar surface area (TPSA) is 17.8 Å². The molecule has 0 aliphatic rings. The van der Waals surface area contributed by atoms with E-state index in [1.807, 2.05) is 36.9 Å². The lowest BCUT2D eigenvalue weighted by molar-refractivity contribution is 0.526. The molecule has 2 atom stereocenters. The first-order valence-corrected chi connectivity index (χ1v) is 8.55.